The maximum absolute atomic E-state index is 5.66. The molecule has 1 saturated heterocycles. The summed E-state index contributed by atoms with van der Waals surface area (Å²) in [5.74, 6) is 0. The fourth-order valence-corrected chi connectivity index (χ4v) is 2.43. The summed E-state index contributed by atoms with van der Waals surface area (Å²) in [5.41, 5.74) is 0.541. The van der Waals surface area contributed by atoms with Gasteiger partial charge in [0.1, 0.15) is 0 Å². The molecule has 0 aromatic carbocycles. The summed E-state index contributed by atoms with van der Waals surface area (Å²) in [6.07, 6.45) is 0. The lowest BCUT2D eigenvalue weighted by Gasteiger charge is -2.42. The fourth-order valence-electron chi connectivity index (χ4n) is 2.43. The van der Waals surface area contributed by atoms with E-state index in [2.05, 4.69) is 51.3 Å². The van der Waals surface area contributed by atoms with Gasteiger partial charge >= 0.3 is 0 Å². The molecule has 1 fully saturated rings. The smallest absolute Gasteiger partial charge is 0.0701 e. The molecule has 4 heteroatoms. The van der Waals surface area contributed by atoms with Crippen LogP contribution in [0.3, 0.4) is 0 Å². The number of hydrogen-bond acceptors (Lipinski definition) is 4. The number of nitrogens with zero attached hydrogens (tertiary/aromatic N) is 2. The van der Waals surface area contributed by atoms with Gasteiger partial charge in [0.15, 0.2) is 0 Å². The first-order valence-electron chi connectivity index (χ1n) is 8.31. The standard InChI is InChI=1S/C17H36N2O2/c1-16(2,3)15-21-14-13-20-12-11-18-7-9-19(10-8-18)17(4,5)6/h7-15H2,1-6H3. The Kier molecular flexibility index (Phi) is 7.62. The molecule has 0 aromatic rings. The Morgan fingerprint density at radius 2 is 1.33 bits per heavy atom. The largest absolute Gasteiger partial charge is 0.379 e. The Labute approximate surface area is 131 Å². The van der Waals surface area contributed by atoms with Crippen LogP contribution in [0.15, 0.2) is 0 Å². The van der Waals surface area contributed by atoms with Crippen molar-refractivity contribution in [1.29, 1.82) is 0 Å². The van der Waals surface area contributed by atoms with Gasteiger partial charge in [0.25, 0.3) is 0 Å². The third-order valence-electron chi connectivity index (χ3n) is 3.78. The number of piperazine rings is 1. The summed E-state index contributed by atoms with van der Waals surface area (Å²) in [6, 6.07) is 0. The van der Waals surface area contributed by atoms with Gasteiger partial charge in [-0.1, -0.05) is 20.8 Å². The monoisotopic (exact) mass is 300 g/mol. The molecule has 1 aliphatic rings. The summed E-state index contributed by atoms with van der Waals surface area (Å²) in [5, 5.41) is 0. The maximum atomic E-state index is 5.66. The SMILES string of the molecule is CC(C)(C)COCCOCCN1CCN(C(C)(C)C)CC1. The van der Waals surface area contributed by atoms with Crippen molar-refractivity contribution in [3.8, 4) is 0 Å². The minimum atomic E-state index is 0.243. The van der Waals surface area contributed by atoms with Crippen molar-refractivity contribution in [3.05, 3.63) is 0 Å². The highest BCUT2D eigenvalue weighted by Gasteiger charge is 2.25. The highest BCUT2D eigenvalue weighted by Crippen LogP contribution is 2.15. The predicted molar refractivity (Wildman–Crippen MR) is 88.9 cm³/mol. The molecule has 126 valence electrons. The highest BCUT2D eigenvalue weighted by atomic mass is 16.5. The topological polar surface area (TPSA) is 24.9 Å². The Hall–Kier alpha value is -0.160. The first kappa shape index (κ1) is 18.9. The molecule has 0 N–H and O–H groups in total. The predicted octanol–water partition coefficient (Wildman–Crippen LogP) is 2.48. The van der Waals surface area contributed by atoms with Crippen LogP contribution in [-0.2, 0) is 9.47 Å². The molecule has 1 aliphatic heterocycles. The molecule has 0 aliphatic carbocycles. The molecule has 0 amide bonds. The van der Waals surface area contributed by atoms with Gasteiger partial charge in [-0.05, 0) is 26.2 Å². The van der Waals surface area contributed by atoms with Crippen LogP contribution in [0.25, 0.3) is 0 Å². The zero-order valence-corrected chi connectivity index (χ0v) is 15.1. The second kappa shape index (κ2) is 8.47. The molecular formula is C17H36N2O2. The van der Waals surface area contributed by atoms with Gasteiger partial charge in [-0.15, -0.1) is 0 Å². The van der Waals surface area contributed by atoms with Gasteiger partial charge in [-0.25, -0.2) is 0 Å². The van der Waals surface area contributed by atoms with Crippen LogP contribution >= 0.6 is 0 Å². The molecule has 0 spiro atoms. The number of ether oxygens (including phenoxy) is 2. The average Bonchev–Trinajstić information content (AvgIpc) is 2.36. The Bertz CT molecular complexity index is 273. The lowest BCUT2D eigenvalue weighted by molar-refractivity contribution is 0.00616. The van der Waals surface area contributed by atoms with Crippen molar-refractivity contribution in [3.63, 3.8) is 0 Å². The zero-order chi connectivity index (χ0) is 15.9. The van der Waals surface area contributed by atoms with E-state index in [1.807, 2.05) is 0 Å². The molecule has 0 saturated carbocycles. The molecule has 21 heavy (non-hydrogen) atoms. The normalized spacial score (nSPS) is 19.1. The van der Waals surface area contributed by atoms with E-state index in [4.69, 9.17) is 9.47 Å². The van der Waals surface area contributed by atoms with E-state index in [1.165, 1.54) is 0 Å². The van der Waals surface area contributed by atoms with Crippen LogP contribution in [0.1, 0.15) is 41.5 Å². The lowest BCUT2D eigenvalue weighted by atomic mass is 9.99. The van der Waals surface area contributed by atoms with Gasteiger partial charge in [-0.3, -0.25) is 9.80 Å². The Balaban J connectivity index is 1.98. The van der Waals surface area contributed by atoms with Crippen molar-refractivity contribution >= 4 is 0 Å². The summed E-state index contributed by atoms with van der Waals surface area (Å²) in [6.45, 7) is 22.1. The molecule has 0 bridgehead atoms. The molecule has 0 aromatic heterocycles. The second-order valence-electron chi connectivity index (χ2n) is 8.23. The van der Waals surface area contributed by atoms with E-state index in [0.717, 1.165) is 45.9 Å². The molecule has 0 radical (unpaired) electrons. The minimum Gasteiger partial charge on any atom is -0.379 e. The van der Waals surface area contributed by atoms with Gasteiger partial charge in [0.2, 0.25) is 0 Å². The molecule has 0 unspecified atom stereocenters. The average molecular weight is 300 g/mol. The molecule has 1 rings (SSSR count). The van der Waals surface area contributed by atoms with E-state index in [0.29, 0.717) is 18.8 Å². The van der Waals surface area contributed by atoms with Crippen LogP contribution in [0.5, 0.6) is 0 Å². The lowest BCUT2D eigenvalue weighted by Crippen LogP contribution is -2.53. The first-order chi connectivity index (χ1) is 9.68. The van der Waals surface area contributed by atoms with Gasteiger partial charge in [0, 0.05) is 38.3 Å². The van der Waals surface area contributed by atoms with Crippen molar-refractivity contribution < 1.29 is 9.47 Å². The van der Waals surface area contributed by atoms with Gasteiger partial charge in [-0.2, -0.15) is 0 Å². The highest BCUT2D eigenvalue weighted by molar-refractivity contribution is 4.81. The van der Waals surface area contributed by atoms with Gasteiger partial charge < -0.3 is 9.47 Å². The summed E-state index contributed by atoms with van der Waals surface area (Å²) >= 11 is 0. The van der Waals surface area contributed by atoms with Crippen molar-refractivity contribution in [2.24, 2.45) is 5.41 Å². The third kappa shape index (κ3) is 8.77. The van der Waals surface area contributed by atoms with E-state index in [1.54, 1.807) is 0 Å². The van der Waals surface area contributed by atoms with Crippen molar-refractivity contribution in [1.82, 2.24) is 9.80 Å². The van der Waals surface area contributed by atoms with Crippen molar-refractivity contribution in [2.75, 3.05) is 59.2 Å². The summed E-state index contributed by atoms with van der Waals surface area (Å²) in [4.78, 5) is 5.06. The fraction of sp³-hybridized carbons (Fsp3) is 1.00. The first-order valence-corrected chi connectivity index (χ1v) is 8.31. The molecule has 1 heterocycles. The minimum absolute atomic E-state index is 0.243. The quantitative estimate of drug-likeness (QED) is 0.674. The van der Waals surface area contributed by atoms with E-state index in [9.17, 15) is 0 Å². The maximum Gasteiger partial charge on any atom is 0.0701 e. The van der Waals surface area contributed by atoms with Crippen LogP contribution < -0.4 is 0 Å². The Morgan fingerprint density at radius 3 is 1.86 bits per heavy atom. The summed E-state index contributed by atoms with van der Waals surface area (Å²) in [7, 11) is 0. The number of hydrogen-bond donors (Lipinski definition) is 0. The Morgan fingerprint density at radius 1 is 0.762 bits per heavy atom. The van der Waals surface area contributed by atoms with Crippen molar-refractivity contribution in [2.45, 2.75) is 47.1 Å². The van der Waals surface area contributed by atoms with Crippen LogP contribution in [0, 0.1) is 5.41 Å². The third-order valence-corrected chi connectivity index (χ3v) is 3.78. The zero-order valence-electron chi connectivity index (χ0n) is 15.1. The second-order valence-corrected chi connectivity index (χ2v) is 8.23. The van der Waals surface area contributed by atoms with Crippen LogP contribution in [0.2, 0.25) is 0 Å². The molecular weight excluding hydrogens is 264 g/mol. The summed E-state index contributed by atoms with van der Waals surface area (Å²) < 4.78 is 11.3. The molecule has 0 atom stereocenters. The van der Waals surface area contributed by atoms with Crippen LogP contribution in [-0.4, -0.2) is 74.5 Å². The van der Waals surface area contributed by atoms with E-state index < -0.39 is 0 Å². The van der Waals surface area contributed by atoms with E-state index >= 15 is 0 Å². The number of rotatable bonds is 7. The molecule has 4 nitrogen and oxygen atoms in total. The van der Waals surface area contributed by atoms with E-state index in [-0.39, 0.29) is 5.41 Å². The van der Waals surface area contributed by atoms with Crippen LogP contribution in [0.4, 0.5) is 0 Å². The van der Waals surface area contributed by atoms with Gasteiger partial charge in [0.05, 0.1) is 26.4 Å².